The van der Waals surface area contributed by atoms with Crippen molar-refractivity contribution >= 4 is 35.0 Å². The van der Waals surface area contributed by atoms with E-state index in [1.807, 2.05) is 13.0 Å². The average molecular weight is 460 g/mol. The summed E-state index contributed by atoms with van der Waals surface area (Å²) in [5.41, 5.74) is 2.91. The Hall–Kier alpha value is -2.71. The number of benzene rings is 2. The molecule has 0 aliphatic heterocycles. The molecule has 164 valence electrons. The fourth-order valence-corrected chi connectivity index (χ4v) is 3.78. The highest BCUT2D eigenvalue weighted by Gasteiger charge is 2.20. The number of hydrogen-bond donors (Lipinski definition) is 2. The van der Waals surface area contributed by atoms with Gasteiger partial charge < -0.3 is 15.9 Å². The van der Waals surface area contributed by atoms with Crippen LogP contribution in [0.5, 0.6) is 5.75 Å². The molecule has 0 saturated carbocycles. The topological polar surface area (TPSA) is 95.1 Å². The van der Waals surface area contributed by atoms with Crippen LogP contribution >= 0.6 is 23.4 Å². The number of thioether (sulfide) groups is 1. The lowest BCUT2D eigenvalue weighted by atomic mass is 10.0. The number of nitrogens with two attached hydrogens (primary N) is 1. The number of hydrogen-bond acceptors (Lipinski definition) is 6. The largest absolute Gasteiger partial charge is 0.485 e. The molecule has 1 amide bonds. The van der Waals surface area contributed by atoms with Crippen LogP contribution in [0.2, 0.25) is 5.02 Å². The highest BCUT2D eigenvalue weighted by molar-refractivity contribution is 8.00. The lowest BCUT2D eigenvalue weighted by Gasteiger charge is -2.15. The Bertz CT molecular complexity index is 1050. The second kappa shape index (κ2) is 10.1. The van der Waals surface area contributed by atoms with Crippen LogP contribution in [-0.2, 0) is 11.4 Å². The van der Waals surface area contributed by atoms with Gasteiger partial charge >= 0.3 is 0 Å². The first-order chi connectivity index (χ1) is 14.7. The first-order valence-corrected chi connectivity index (χ1v) is 11.2. The van der Waals surface area contributed by atoms with E-state index < -0.39 is 5.25 Å². The van der Waals surface area contributed by atoms with E-state index in [1.54, 1.807) is 31.2 Å². The van der Waals surface area contributed by atoms with Crippen molar-refractivity contribution in [3.8, 4) is 5.75 Å². The third-order valence-electron chi connectivity index (χ3n) is 4.65. The quantitative estimate of drug-likeness (QED) is 0.372. The monoisotopic (exact) mass is 459 g/mol. The maximum atomic E-state index is 12.5. The predicted octanol–water partition coefficient (Wildman–Crippen LogP) is 4.78. The summed E-state index contributed by atoms with van der Waals surface area (Å²) in [4.78, 5) is 12.5. The van der Waals surface area contributed by atoms with Crippen molar-refractivity contribution in [3.05, 3.63) is 64.4 Å². The highest BCUT2D eigenvalue weighted by atomic mass is 35.5. The molecule has 0 bridgehead atoms. The predicted molar refractivity (Wildman–Crippen MR) is 125 cm³/mol. The van der Waals surface area contributed by atoms with E-state index in [0.717, 1.165) is 16.9 Å². The van der Waals surface area contributed by atoms with E-state index in [1.165, 1.54) is 16.4 Å². The van der Waals surface area contributed by atoms with Crippen LogP contribution in [0.15, 0.2) is 47.6 Å². The second-order valence-electron chi connectivity index (χ2n) is 7.51. The number of carbonyl (C=O) groups excluding carboxylic acids is 1. The van der Waals surface area contributed by atoms with Crippen molar-refractivity contribution in [2.75, 3.05) is 11.2 Å². The molecule has 1 heterocycles. The molecule has 3 aromatic rings. The second-order valence-corrected chi connectivity index (χ2v) is 9.25. The summed E-state index contributed by atoms with van der Waals surface area (Å²) in [5, 5.41) is 11.7. The molecule has 1 aromatic heterocycles. The summed E-state index contributed by atoms with van der Waals surface area (Å²) in [6.45, 7) is 8.22. The lowest BCUT2D eigenvalue weighted by molar-refractivity contribution is -0.115. The normalized spacial score (nSPS) is 12.1. The fourth-order valence-electron chi connectivity index (χ4n) is 2.86. The van der Waals surface area contributed by atoms with Gasteiger partial charge in [0.05, 0.1) is 5.25 Å². The Morgan fingerprint density at radius 1 is 1.19 bits per heavy atom. The van der Waals surface area contributed by atoms with Gasteiger partial charge in [0, 0.05) is 10.7 Å². The molecule has 0 aliphatic carbocycles. The zero-order chi connectivity index (χ0) is 22.5. The number of aromatic nitrogens is 3. The molecular formula is C22H26ClN5O2S. The van der Waals surface area contributed by atoms with Gasteiger partial charge in [-0.25, -0.2) is 4.68 Å². The molecular weight excluding hydrogens is 434 g/mol. The molecule has 1 unspecified atom stereocenters. The molecule has 2 aromatic carbocycles. The van der Waals surface area contributed by atoms with Crippen LogP contribution in [0.3, 0.4) is 0 Å². The highest BCUT2D eigenvalue weighted by Crippen LogP contribution is 2.28. The molecule has 31 heavy (non-hydrogen) atoms. The molecule has 3 N–H and O–H groups in total. The number of anilines is 1. The summed E-state index contributed by atoms with van der Waals surface area (Å²) < 4.78 is 7.36. The summed E-state index contributed by atoms with van der Waals surface area (Å²) in [6, 6.07) is 13.1. The number of nitrogens with zero attached hydrogens (tertiary/aromatic N) is 3. The average Bonchev–Trinajstić information content (AvgIpc) is 3.07. The summed E-state index contributed by atoms with van der Waals surface area (Å²) in [5.74, 6) is 7.60. The third kappa shape index (κ3) is 5.92. The molecule has 0 spiro atoms. The summed E-state index contributed by atoms with van der Waals surface area (Å²) >= 11 is 7.10. The Labute approximate surface area is 191 Å². The van der Waals surface area contributed by atoms with E-state index in [9.17, 15) is 4.79 Å². The van der Waals surface area contributed by atoms with Crippen LogP contribution < -0.4 is 15.9 Å². The van der Waals surface area contributed by atoms with Gasteiger partial charge in [-0.3, -0.25) is 4.79 Å². The maximum absolute atomic E-state index is 12.5. The van der Waals surface area contributed by atoms with Gasteiger partial charge in [-0.1, -0.05) is 49.3 Å². The molecule has 3 rings (SSSR count). The van der Waals surface area contributed by atoms with Crippen molar-refractivity contribution < 1.29 is 9.53 Å². The Morgan fingerprint density at radius 2 is 1.90 bits per heavy atom. The Balaban J connectivity index is 1.63. The van der Waals surface area contributed by atoms with Gasteiger partial charge in [-0.2, -0.15) is 0 Å². The fraction of sp³-hybridized carbons (Fsp3) is 0.318. The number of carbonyl (C=O) groups is 1. The molecule has 0 saturated heterocycles. The molecule has 0 fully saturated rings. The van der Waals surface area contributed by atoms with Crippen LogP contribution in [0.1, 0.15) is 43.6 Å². The number of ether oxygens (including phenoxy) is 1. The van der Waals surface area contributed by atoms with Gasteiger partial charge in [0.2, 0.25) is 11.1 Å². The standard InChI is InChI=1S/C22H26ClN5O2S/c1-13(2)18-10-5-14(3)11-19(18)30-12-20-26-27-22(28(20)24)31-15(4)21(29)25-17-8-6-16(23)7-9-17/h5-11,13,15H,12,24H2,1-4H3,(H,25,29). The smallest absolute Gasteiger partial charge is 0.237 e. The summed E-state index contributed by atoms with van der Waals surface area (Å²) in [6.07, 6.45) is 0. The van der Waals surface area contributed by atoms with E-state index in [-0.39, 0.29) is 12.5 Å². The van der Waals surface area contributed by atoms with Crippen molar-refractivity contribution in [2.45, 2.75) is 50.6 Å². The van der Waals surface area contributed by atoms with Crippen LogP contribution in [0.25, 0.3) is 0 Å². The zero-order valence-electron chi connectivity index (χ0n) is 17.9. The van der Waals surface area contributed by atoms with E-state index in [2.05, 4.69) is 41.5 Å². The van der Waals surface area contributed by atoms with Gasteiger partial charge in [0.25, 0.3) is 0 Å². The first-order valence-electron chi connectivity index (χ1n) is 9.90. The Morgan fingerprint density at radius 3 is 2.58 bits per heavy atom. The van der Waals surface area contributed by atoms with Gasteiger partial charge in [0.15, 0.2) is 5.82 Å². The number of halogens is 1. The van der Waals surface area contributed by atoms with Crippen molar-refractivity contribution in [1.29, 1.82) is 0 Å². The van der Waals surface area contributed by atoms with Gasteiger partial charge in [-0.15, -0.1) is 10.2 Å². The van der Waals surface area contributed by atoms with Crippen molar-refractivity contribution in [2.24, 2.45) is 0 Å². The number of nitrogen functional groups attached to an aromatic ring is 1. The molecule has 7 nitrogen and oxygen atoms in total. The number of amides is 1. The SMILES string of the molecule is Cc1ccc(C(C)C)c(OCc2nnc(SC(C)C(=O)Nc3ccc(Cl)cc3)n2N)c1. The number of nitrogens with one attached hydrogen (secondary N) is 1. The molecule has 0 radical (unpaired) electrons. The van der Waals surface area contributed by atoms with Crippen molar-refractivity contribution in [3.63, 3.8) is 0 Å². The van der Waals surface area contributed by atoms with Crippen molar-refractivity contribution in [1.82, 2.24) is 14.9 Å². The van der Waals surface area contributed by atoms with Crippen LogP contribution in [-0.4, -0.2) is 26.0 Å². The Kier molecular flexibility index (Phi) is 7.46. The molecule has 9 heteroatoms. The minimum absolute atomic E-state index is 0.172. The third-order valence-corrected chi connectivity index (χ3v) is 5.95. The first kappa shape index (κ1) is 23.0. The lowest BCUT2D eigenvalue weighted by Crippen LogP contribution is -2.24. The van der Waals surface area contributed by atoms with Gasteiger partial charge in [-0.05, 0) is 61.2 Å². The van der Waals surface area contributed by atoms with E-state index >= 15 is 0 Å². The van der Waals surface area contributed by atoms with Gasteiger partial charge in [0.1, 0.15) is 12.4 Å². The summed E-state index contributed by atoms with van der Waals surface area (Å²) in [7, 11) is 0. The van der Waals surface area contributed by atoms with Crippen LogP contribution in [0, 0.1) is 6.92 Å². The number of rotatable bonds is 8. The van der Waals surface area contributed by atoms with Crippen LogP contribution in [0.4, 0.5) is 5.69 Å². The minimum atomic E-state index is -0.430. The zero-order valence-corrected chi connectivity index (χ0v) is 19.5. The maximum Gasteiger partial charge on any atom is 0.237 e. The molecule has 0 aliphatic rings. The van der Waals surface area contributed by atoms with E-state index in [0.29, 0.717) is 27.6 Å². The number of aryl methyl sites for hydroxylation is 1. The minimum Gasteiger partial charge on any atom is -0.485 e. The molecule has 1 atom stereocenters. The van der Waals surface area contributed by atoms with E-state index in [4.69, 9.17) is 22.2 Å².